The standard InChI is InChI=1S/C19H24BrN/c1-11-12(2)14(4)19(15(5)13(11)3)18(21)10-16-6-8-17(20)9-7-16/h6-9,18H,10,21H2,1-5H3. The number of rotatable bonds is 3. The molecule has 0 bridgehead atoms. The number of halogens is 1. The van der Waals surface area contributed by atoms with Crippen LogP contribution in [0.2, 0.25) is 0 Å². The Morgan fingerprint density at radius 2 is 1.24 bits per heavy atom. The summed E-state index contributed by atoms with van der Waals surface area (Å²) < 4.78 is 1.11. The van der Waals surface area contributed by atoms with Crippen molar-refractivity contribution >= 4 is 15.9 Å². The zero-order valence-corrected chi connectivity index (χ0v) is 15.1. The topological polar surface area (TPSA) is 26.0 Å². The van der Waals surface area contributed by atoms with Crippen LogP contribution in [0, 0.1) is 34.6 Å². The van der Waals surface area contributed by atoms with E-state index in [1.54, 1.807) is 0 Å². The SMILES string of the molecule is Cc1c(C)c(C)c(C(N)Cc2ccc(Br)cc2)c(C)c1C. The van der Waals surface area contributed by atoms with Gasteiger partial charge in [0, 0.05) is 10.5 Å². The monoisotopic (exact) mass is 345 g/mol. The Kier molecular flexibility index (Phi) is 4.90. The number of benzene rings is 2. The summed E-state index contributed by atoms with van der Waals surface area (Å²) in [5.74, 6) is 0. The minimum atomic E-state index is 0.0455. The Morgan fingerprint density at radius 3 is 1.71 bits per heavy atom. The first-order valence-electron chi connectivity index (χ1n) is 7.39. The average Bonchev–Trinajstić information content (AvgIpc) is 2.46. The van der Waals surface area contributed by atoms with Gasteiger partial charge in [0.15, 0.2) is 0 Å². The minimum Gasteiger partial charge on any atom is -0.324 e. The Hall–Kier alpha value is -1.12. The zero-order valence-electron chi connectivity index (χ0n) is 13.5. The summed E-state index contributed by atoms with van der Waals surface area (Å²) in [4.78, 5) is 0. The van der Waals surface area contributed by atoms with Crippen LogP contribution in [0.3, 0.4) is 0 Å². The van der Waals surface area contributed by atoms with Gasteiger partial charge in [0.25, 0.3) is 0 Å². The van der Waals surface area contributed by atoms with E-state index in [2.05, 4.69) is 74.8 Å². The molecule has 0 amide bonds. The second-order valence-corrected chi connectivity index (χ2v) is 6.89. The molecule has 0 saturated heterocycles. The summed E-state index contributed by atoms with van der Waals surface area (Å²) in [6.07, 6.45) is 0.872. The van der Waals surface area contributed by atoms with Gasteiger partial charge in [-0.15, -0.1) is 0 Å². The average molecular weight is 346 g/mol. The molecule has 0 radical (unpaired) electrons. The molecule has 0 aliphatic heterocycles. The molecule has 2 N–H and O–H groups in total. The normalized spacial score (nSPS) is 12.5. The van der Waals surface area contributed by atoms with E-state index in [-0.39, 0.29) is 6.04 Å². The summed E-state index contributed by atoms with van der Waals surface area (Å²) in [6, 6.07) is 8.48. The molecule has 1 nitrogen and oxygen atoms in total. The molecule has 2 rings (SSSR count). The van der Waals surface area contributed by atoms with Gasteiger partial charge in [0.1, 0.15) is 0 Å². The van der Waals surface area contributed by atoms with Gasteiger partial charge in [-0.25, -0.2) is 0 Å². The molecule has 21 heavy (non-hydrogen) atoms. The molecule has 2 aromatic carbocycles. The van der Waals surface area contributed by atoms with Crippen molar-refractivity contribution in [1.82, 2.24) is 0 Å². The third kappa shape index (κ3) is 3.22. The van der Waals surface area contributed by atoms with Crippen molar-refractivity contribution in [2.75, 3.05) is 0 Å². The van der Waals surface area contributed by atoms with Crippen LogP contribution in [0.5, 0.6) is 0 Å². The Bertz CT molecular complexity index is 627. The summed E-state index contributed by atoms with van der Waals surface area (Å²) in [7, 11) is 0. The predicted octanol–water partition coefficient (Wildman–Crippen LogP) is 5.23. The highest BCUT2D eigenvalue weighted by Crippen LogP contribution is 2.31. The van der Waals surface area contributed by atoms with Gasteiger partial charge in [-0.1, -0.05) is 28.1 Å². The van der Waals surface area contributed by atoms with E-state index in [4.69, 9.17) is 5.73 Å². The van der Waals surface area contributed by atoms with Gasteiger partial charge in [-0.3, -0.25) is 0 Å². The Balaban J connectivity index is 2.39. The van der Waals surface area contributed by atoms with Crippen LogP contribution in [0.1, 0.15) is 45.0 Å². The number of hydrogen-bond acceptors (Lipinski definition) is 1. The highest BCUT2D eigenvalue weighted by Gasteiger charge is 2.17. The molecule has 1 unspecified atom stereocenters. The lowest BCUT2D eigenvalue weighted by atomic mass is 9.85. The maximum Gasteiger partial charge on any atom is 0.0341 e. The largest absolute Gasteiger partial charge is 0.324 e. The molecule has 0 aliphatic rings. The molecule has 112 valence electrons. The first kappa shape index (κ1) is 16.3. The van der Waals surface area contributed by atoms with E-state index in [0.29, 0.717) is 0 Å². The van der Waals surface area contributed by atoms with Gasteiger partial charge in [-0.2, -0.15) is 0 Å². The third-order valence-electron chi connectivity index (χ3n) is 4.80. The first-order valence-corrected chi connectivity index (χ1v) is 8.19. The van der Waals surface area contributed by atoms with Crippen LogP contribution in [-0.4, -0.2) is 0 Å². The molecule has 2 aromatic rings. The highest BCUT2D eigenvalue weighted by atomic mass is 79.9. The van der Waals surface area contributed by atoms with Crippen molar-refractivity contribution in [3.63, 3.8) is 0 Å². The molecule has 1 atom stereocenters. The van der Waals surface area contributed by atoms with Crippen molar-refractivity contribution in [3.8, 4) is 0 Å². The predicted molar refractivity (Wildman–Crippen MR) is 94.9 cm³/mol. The van der Waals surface area contributed by atoms with Crippen LogP contribution in [0.25, 0.3) is 0 Å². The van der Waals surface area contributed by atoms with Crippen LogP contribution < -0.4 is 5.73 Å². The maximum atomic E-state index is 6.54. The van der Waals surface area contributed by atoms with Crippen LogP contribution in [0.15, 0.2) is 28.7 Å². The van der Waals surface area contributed by atoms with Gasteiger partial charge >= 0.3 is 0 Å². The van der Waals surface area contributed by atoms with Crippen LogP contribution >= 0.6 is 15.9 Å². The molecule has 0 spiro atoms. The van der Waals surface area contributed by atoms with Gasteiger partial charge in [0.2, 0.25) is 0 Å². The molecule has 2 heteroatoms. The van der Waals surface area contributed by atoms with E-state index in [9.17, 15) is 0 Å². The molecule has 0 aromatic heterocycles. The zero-order chi connectivity index (χ0) is 15.7. The minimum absolute atomic E-state index is 0.0455. The molecule has 0 heterocycles. The second kappa shape index (κ2) is 6.33. The van der Waals surface area contributed by atoms with E-state index in [0.717, 1.165) is 10.9 Å². The van der Waals surface area contributed by atoms with Gasteiger partial charge < -0.3 is 5.73 Å². The lowest BCUT2D eigenvalue weighted by Gasteiger charge is -2.23. The summed E-state index contributed by atoms with van der Waals surface area (Å²) in [5.41, 5.74) is 16.0. The van der Waals surface area contributed by atoms with E-state index in [1.807, 2.05) is 0 Å². The summed E-state index contributed by atoms with van der Waals surface area (Å²) >= 11 is 3.48. The van der Waals surface area contributed by atoms with Crippen LogP contribution in [-0.2, 0) is 6.42 Å². The fraction of sp³-hybridized carbons (Fsp3) is 0.368. The quantitative estimate of drug-likeness (QED) is 0.809. The van der Waals surface area contributed by atoms with Crippen LogP contribution in [0.4, 0.5) is 0 Å². The summed E-state index contributed by atoms with van der Waals surface area (Å²) in [5, 5.41) is 0. The van der Waals surface area contributed by atoms with E-state index in [1.165, 1.54) is 38.9 Å². The lowest BCUT2D eigenvalue weighted by Crippen LogP contribution is -2.18. The summed E-state index contributed by atoms with van der Waals surface area (Å²) in [6.45, 7) is 11.0. The number of nitrogens with two attached hydrogens (primary N) is 1. The number of hydrogen-bond donors (Lipinski definition) is 1. The van der Waals surface area contributed by atoms with Crippen molar-refractivity contribution < 1.29 is 0 Å². The van der Waals surface area contributed by atoms with Crippen molar-refractivity contribution in [3.05, 3.63) is 67.7 Å². The Morgan fingerprint density at radius 1 is 0.810 bits per heavy atom. The fourth-order valence-electron chi connectivity index (χ4n) is 3.06. The Labute approximate surface area is 136 Å². The first-order chi connectivity index (χ1) is 9.82. The highest BCUT2D eigenvalue weighted by molar-refractivity contribution is 9.10. The van der Waals surface area contributed by atoms with E-state index >= 15 is 0 Å². The van der Waals surface area contributed by atoms with E-state index < -0.39 is 0 Å². The lowest BCUT2D eigenvalue weighted by molar-refractivity contribution is 0.708. The molecular formula is C19H24BrN. The third-order valence-corrected chi connectivity index (χ3v) is 5.33. The maximum absolute atomic E-state index is 6.54. The fourth-order valence-corrected chi connectivity index (χ4v) is 3.33. The van der Waals surface area contributed by atoms with Gasteiger partial charge in [0.05, 0.1) is 0 Å². The second-order valence-electron chi connectivity index (χ2n) is 5.98. The van der Waals surface area contributed by atoms with Crippen molar-refractivity contribution in [2.45, 2.75) is 47.1 Å². The molecular weight excluding hydrogens is 322 g/mol. The van der Waals surface area contributed by atoms with Crippen molar-refractivity contribution in [2.24, 2.45) is 5.73 Å². The van der Waals surface area contributed by atoms with Gasteiger partial charge in [-0.05, 0) is 92.1 Å². The smallest absolute Gasteiger partial charge is 0.0341 e. The molecule has 0 saturated carbocycles. The molecule has 0 aliphatic carbocycles. The molecule has 0 fully saturated rings. The van der Waals surface area contributed by atoms with Crippen molar-refractivity contribution in [1.29, 1.82) is 0 Å².